The summed E-state index contributed by atoms with van der Waals surface area (Å²) in [6.07, 6.45) is 3.77. The number of pyridine rings is 1. The number of furan rings is 1. The van der Waals surface area contributed by atoms with Crippen LogP contribution in [0, 0.1) is 6.92 Å². The third kappa shape index (κ3) is 3.74. The minimum Gasteiger partial charge on any atom is -0.463 e. The standard InChI is InChI=1S/C21H26N4O4S/c1-4-5-9-25(15-8-11-30(27,28)13-15)21(26)16-12-17(18-7-6-10-29-18)22-20-19(16)14(2)23-24(20)3/h6-7,10,12,15H,4-5,8-9,11,13H2,1-3H3. The van der Waals surface area contributed by atoms with E-state index in [-0.39, 0.29) is 23.5 Å². The van der Waals surface area contributed by atoms with Crippen LogP contribution in [0.3, 0.4) is 0 Å². The molecule has 0 bridgehead atoms. The van der Waals surface area contributed by atoms with E-state index in [0.29, 0.717) is 46.7 Å². The molecule has 1 aliphatic heterocycles. The first-order valence-corrected chi connectivity index (χ1v) is 12.0. The number of hydrogen-bond donors (Lipinski definition) is 0. The Morgan fingerprint density at radius 3 is 2.83 bits per heavy atom. The summed E-state index contributed by atoms with van der Waals surface area (Å²) in [6.45, 7) is 4.43. The van der Waals surface area contributed by atoms with E-state index in [0.717, 1.165) is 12.8 Å². The first-order valence-electron chi connectivity index (χ1n) is 10.2. The molecule has 0 aliphatic carbocycles. The second-order valence-corrected chi connectivity index (χ2v) is 10.1. The molecule has 4 heterocycles. The Morgan fingerprint density at radius 1 is 1.40 bits per heavy atom. The number of sulfone groups is 1. The van der Waals surface area contributed by atoms with Crippen molar-refractivity contribution in [3.63, 3.8) is 0 Å². The summed E-state index contributed by atoms with van der Waals surface area (Å²) in [4.78, 5) is 20.2. The van der Waals surface area contributed by atoms with Crippen molar-refractivity contribution in [2.75, 3.05) is 18.1 Å². The molecule has 0 N–H and O–H groups in total. The minimum absolute atomic E-state index is 0.0216. The van der Waals surface area contributed by atoms with Gasteiger partial charge in [-0.1, -0.05) is 13.3 Å². The average molecular weight is 431 g/mol. The highest BCUT2D eigenvalue weighted by Crippen LogP contribution is 2.29. The maximum atomic E-state index is 13.8. The van der Waals surface area contributed by atoms with Gasteiger partial charge in [0.15, 0.2) is 21.2 Å². The first-order chi connectivity index (χ1) is 14.3. The molecule has 30 heavy (non-hydrogen) atoms. The maximum Gasteiger partial charge on any atom is 0.255 e. The van der Waals surface area contributed by atoms with Gasteiger partial charge in [-0.2, -0.15) is 5.10 Å². The Labute approximate surface area is 175 Å². The number of amides is 1. The Kier molecular flexibility index (Phi) is 5.40. The highest BCUT2D eigenvalue weighted by molar-refractivity contribution is 7.91. The van der Waals surface area contributed by atoms with E-state index < -0.39 is 9.84 Å². The zero-order valence-corrected chi connectivity index (χ0v) is 18.3. The van der Waals surface area contributed by atoms with Crippen molar-refractivity contribution in [2.45, 2.75) is 39.2 Å². The average Bonchev–Trinajstić information content (AvgIpc) is 3.42. The SMILES string of the molecule is CCCCN(C(=O)c1cc(-c2ccco2)nc2c1c(C)nn2C)C1CCS(=O)(=O)C1. The molecule has 8 nitrogen and oxygen atoms in total. The number of aromatic nitrogens is 3. The molecule has 0 saturated carbocycles. The second kappa shape index (κ2) is 7.86. The van der Waals surface area contributed by atoms with Crippen molar-refractivity contribution in [1.82, 2.24) is 19.7 Å². The van der Waals surface area contributed by atoms with Crippen molar-refractivity contribution < 1.29 is 17.6 Å². The number of carbonyl (C=O) groups excluding carboxylic acids is 1. The number of fused-ring (bicyclic) bond motifs is 1. The molecule has 0 spiro atoms. The molecule has 0 radical (unpaired) electrons. The number of aryl methyl sites for hydroxylation is 2. The molecule has 1 aliphatic rings. The zero-order chi connectivity index (χ0) is 21.5. The van der Waals surface area contributed by atoms with Crippen molar-refractivity contribution in [3.05, 3.63) is 35.7 Å². The largest absolute Gasteiger partial charge is 0.463 e. The lowest BCUT2D eigenvalue weighted by Crippen LogP contribution is -2.42. The number of rotatable bonds is 6. The van der Waals surface area contributed by atoms with Gasteiger partial charge in [0.2, 0.25) is 0 Å². The fourth-order valence-corrected chi connectivity index (χ4v) is 5.85. The van der Waals surface area contributed by atoms with E-state index in [2.05, 4.69) is 17.0 Å². The van der Waals surface area contributed by atoms with Gasteiger partial charge in [0.1, 0.15) is 5.69 Å². The first kappa shape index (κ1) is 20.6. The molecule has 3 aromatic rings. The van der Waals surface area contributed by atoms with Gasteiger partial charge in [-0.3, -0.25) is 9.48 Å². The predicted molar refractivity (Wildman–Crippen MR) is 114 cm³/mol. The molecule has 1 amide bonds. The smallest absolute Gasteiger partial charge is 0.255 e. The maximum absolute atomic E-state index is 13.8. The van der Waals surface area contributed by atoms with Crippen molar-refractivity contribution >= 4 is 26.8 Å². The van der Waals surface area contributed by atoms with E-state index >= 15 is 0 Å². The fraction of sp³-hybridized carbons (Fsp3) is 0.476. The van der Waals surface area contributed by atoms with Crippen LogP contribution in [0.25, 0.3) is 22.5 Å². The van der Waals surface area contributed by atoms with Gasteiger partial charge >= 0.3 is 0 Å². The molecular weight excluding hydrogens is 404 g/mol. The van der Waals surface area contributed by atoms with Gasteiger partial charge < -0.3 is 9.32 Å². The molecule has 1 atom stereocenters. The molecule has 160 valence electrons. The van der Waals surface area contributed by atoms with Crippen LogP contribution in [0.15, 0.2) is 28.9 Å². The summed E-state index contributed by atoms with van der Waals surface area (Å²) in [5, 5.41) is 5.15. The molecule has 9 heteroatoms. The Hall–Kier alpha value is -2.68. The molecule has 1 saturated heterocycles. The monoisotopic (exact) mass is 430 g/mol. The fourth-order valence-electron chi connectivity index (χ4n) is 4.12. The zero-order valence-electron chi connectivity index (χ0n) is 17.5. The highest BCUT2D eigenvalue weighted by Gasteiger charge is 2.35. The Morgan fingerprint density at radius 2 is 2.20 bits per heavy atom. The van der Waals surface area contributed by atoms with Gasteiger partial charge in [-0.25, -0.2) is 13.4 Å². The summed E-state index contributed by atoms with van der Waals surface area (Å²) in [5.41, 5.74) is 2.34. The highest BCUT2D eigenvalue weighted by atomic mass is 32.2. The summed E-state index contributed by atoms with van der Waals surface area (Å²) in [7, 11) is -1.32. The van der Waals surface area contributed by atoms with E-state index in [9.17, 15) is 13.2 Å². The van der Waals surface area contributed by atoms with Crippen LogP contribution >= 0.6 is 0 Å². The molecule has 0 aromatic carbocycles. The van der Waals surface area contributed by atoms with Gasteiger partial charge in [-0.15, -0.1) is 0 Å². The third-order valence-corrected chi connectivity index (χ3v) is 7.39. The van der Waals surface area contributed by atoms with Crippen molar-refractivity contribution in [1.29, 1.82) is 0 Å². The van der Waals surface area contributed by atoms with Crippen LogP contribution in [0.5, 0.6) is 0 Å². The van der Waals surface area contributed by atoms with E-state index in [1.54, 1.807) is 41.1 Å². The van der Waals surface area contributed by atoms with Gasteiger partial charge in [-0.05, 0) is 38.0 Å². The molecule has 1 unspecified atom stereocenters. The van der Waals surface area contributed by atoms with Gasteiger partial charge in [0.05, 0.1) is 34.4 Å². The minimum atomic E-state index is -3.11. The van der Waals surface area contributed by atoms with Crippen LogP contribution in [0.4, 0.5) is 0 Å². The quantitative estimate of drug-likeness (QED) is 0.596. The van der Waals surface area contributed by atoms with Crippen LogP contribution in [-0.4, -0.2) is 58.1 Å². The van der Waals surface area contributed by atoms with Crippen molar-refractivity contribution in [3.8, 4) is 11.5 Å². The van der Waals surface area contributed by atoms with Crippen LogP contribution < -0.4 is 0 Å². The molecule has 3 aromatic heterocycles. The lowest BCUT2D eigenvalue weighted by molar-refractivity contribution is 0.0696. The lowest BCUT2D eigenvalue weighted by Gasteiger charge is -2.28. The number of unbranched alkanes of at least 4 members (excludes halogenated alkanes) is 1. The molecular formula is C21H26N4O4S. The number of nitrogens with zero attached hydrogens (tertiary/aromatic N) is 4. The third-order valence-electron chi connectivity index (χ3n) is 5.64. The normalized spacial score (nSPS) is 18.2. The van der Waals surface area contributed by atoms with Gasteiger partial charge in [0, 0.05) is 19.6 Å². The van der Waals surface area contributed by atoms with Crippen LogP contribution in [-0.2, 0) is 16.9 Å². The van der Waals surface area contributed by atoms with Crippen LogP contribution in [0.2, 0.25) is 0 Å². The summed E-state index contributed by atoms with van der Waals surface area (Å²) < 4.78 is 31.3. The number of hydrogen-bond acceptors (Lipinski definition) is 6. The van der Waals surface area contributed by atoms with E-state index in [4.69, 9.17) is 4.42 Å². The summed E-state index contributed by atoms with van der Waals surface area (Å²) in [5.74, 6) is 0.534. The van der Waals surface area contributed by atoms with E-state index in [1.807, 2.05) is 6.92 Å². The van der Waals surface area contributed by atoms with Gasteiger partial charge in [0.25, 0.3) is 5.91 Å². The Bertz CT molecular complexity index is 1180. The van der Waals surface area contributed by atoms with Crippen molar-refractivity contribution in [2.24, 2.45) is 7.05 Å². The summed E-state index contributed by atoms with van der Waals surface area (Å²) in [6, 6.07) is 5.00. The Balaban J connectivity index is 1.84. The summed E-state index contributed by atoms with van der Waals surface area (Å²) >= 11 is 0. The topological polar surface area (TPSA) is 98.3 Å². The predicted octanol–water partition coefficient (Wildman–Crippen LogP) is 2.97. The molecule has 1 fully saturated rings. The number of carbonyl (C=O) groups is 1. The molecule has 4 rings (SSSR count). The van der Waals surface area contributed by atoms with E-state index in [1.165, 1.54) is 0 Å². The lowest BCUT2D eigenvalue weighted by atomic mass is 10.1. The second-order valence-electron chi connectivity index (χ2n) is 7.85. The van der Waals surface area contributed by atoms with Crippen LogP contribution in [0.1, 0.15) is 42.2 Å².